The minimum atomic E-state index is -1.01. The van der Waals surface area contributed by atoms with E-state index in [1.165, 1.54) is 0 Å². The largest absolute Gasteiger partial charge is 0.460 e. The summed E-state index contributed by atoms with van der Waals surface area (Å²) in [5.41, 5.74) is 0.173. The highest BCUT2D eigenvalue weighted by molar-refractivity contribution is 5.89. The SMILES string of the molecule is CC(C)(C)OC(=O)C[C@H](NC(=O)OCc1ccccc1)C(=O)N1CCCCCC1. The molecule has 0 radical (unpaired) electrons. The Balaban J connectivity index is 2.01. The second-order valence-electron chi connectivity index (χ2n) is 8.29. The normalized spacial score (nSPS) is 15.8. The van der Waals surface area contributed by atoms with Gasteiger partial charge in [-0.15, -0.1) is 0 Å². The van der Waals surface area contributed by atoms with E-state index in [0.717, 1.165) is 31.2 Å². The van der Waals surface area contributed by atoms with E-state index in [4.69, 9.17) is 9.47 Å². The number of hydrogen-bond donors (Lipinski definition) is 1. The lowest BCUT2D eigenvalue weighted by Gasteiger charge is -2.27. The van der Waals surface area contributed by atoms with Gasteiger partial charge in [0.05, 0.1) is 6.42 Å². The Bertz CT molecular complexity index is 676. The number of carbonyl (C=O) groups excluding carboxylic acids is 3. The second-order valence-corrected chi connectivity index (χ2v) is 8.29. The number of likely N-dealkylation sites (tertiary alicyclic amines) is 1. The molecule has 1 atom stereocenters. The van der Waals surface area contributed by atoms with Gasteiger partial charge in [-0.2, -0.15) is 0 Å². The molecule has 29 heavy (non-hydrogen) atoms. The first-order valence-electron chi connectivity index (χ1n) is 10.2. The number of carbonyl (C=O) groups is 3. The summed E-state index contributed by atoms with van der Waals surface area (Å²) in [6.45, 7) is 6.63. The molecule has 1 fully saturated rings. The summed E-state index contributed by atoms with van der Waals surface area (Å²) < 4.78 is 10.6. The van der Waals surface area contributed by atoms with Crippen LogP contribution in [-0.4, -0.2) is 47.6 Å². The van der Waals surface area contributed by atoms with Crippen molar-refractivity contribution in [2.45, 2.75) is 71.1 Å². The zero-order chi connectivity index (χ0) is 21.3. The molecule has 0 spiro atoms. The molecular formula is C22H32N2O5. The smallest absolute Gasteiger partial charge is 0.408 e. The number of rotatable bonds is 6. The van der Waals surface area contributed by atoms with Gasteiger partial charge < -0.3 is 19.7 Å². The molecule has 1 heterocycles. The topological polar surface area (TPSA) is 84.9 Å². The third-order valence-corrected chi connectivity index (χ3v) is 4.51. The van der Waals surface area contributed by atoms with Crippen molar-refractivity contribution in [1.29, 1.82) is 0 Å². The van der Waals surface area contributed by atoms with Crippen LogP contribution in [0.25, 0.3) is 0 Å². The number of esters is 1. The molecule has 1 N–H and O–H groups in total. The number of alkyl carbamates (subject to hydrolysis) is 1. The van der Waals surface area contributed by atoms with Crippen molar-refractivity contribution < 1.29 is 23.9 Å². The summed E-state index contributed by atoms with van der Waals surface area (Å²) in [6, 6.07) is 8.25. The molecule has 7 heteroatoms. The number of nitrogens with one attached hydrogen (secondary N) is 1. The summed E-state index contributed by atoms with van der Waals surface area (Å²) in [6.07, 6.45) is 3.03. The van der Waals surface area contributed by atoms with Crippen LogP contribution < -0.4 is 5.32 Å². The molecule has 7 nitrogen and oxygen atoms in total. The van der Waals surface area contributed by atoms with Gasteiger partial charge in [-0.3, -0.25) is 9.59 Å². The molecule has 1 saturated heterocycles. The molecule has 160 valence electrons. The molecule has 0 saturated carbocycles. The van der Waals surface area contributed by atoms with E-state index in [1.54, 1.807) is 25.7 Å². The summed E-state index contributed by atoms with van der Waals surface area (Å²) in [5.74, 6) is -0.802. The van der Waals surface area contributed by atoms with E-state index in [-0.39, 0.29) is 18.9 Å². The molecule has 0 unspecified atom stereocenters. The number of nitrogens with zero attached hydrogens (tertiary/aromatic N) is 1. The highest BCUT2D eigenvalue weighted by Crippen LogP contribution is 2.14. The van der Waals surface area contributed by atoms with Gasteiger partial charge in [-0.1, -0.05) is 43.2 Å². The average Bonchev–Trinajstić information content (AvgIpc) is 2.94. The van der Waals surface area contributed by atoms with Crippen LogP contribution in [0, 0.1) is 0 Å². The maximum atomic E-state index is 13.0. The Morgan fingerprint density at radius 3 is 2.24 bits per heavy atom. The molecule has 2 rings (SSSR count). The Hall–Kier alpha value is -2.57. The second kappa shape index (κ2) is 10.8. The lowest BCUT2D eigenvalue weighted by molar-refractivity contribution is -0.157. The lowest BCUT2D eigenvalue weighted by atomic mass is 10.1. The number of benzene rings is 1. The van der Waals surface area contributed by atoms with Crippen LogP contribution in [0.2, 0.25) is 0 Å². The fourth-order valence-electron chi connectivity index (χ4n) is 3.17. The monoisotopic (exact) mass is 404 g/mol. The van der Waals surface area contributed by atoms with Gasteiger partial charge in [-0.05, 0) is 39.2 Å². The standard InChI is InChI=1S/C22H32N2O5/c1-22(2,3)29-19(25)15-18(20(26)24-13-9-4-5-10-14-24)23-21(27)28-16-17-11-7-6-8-12-17/h6-8,11-12,18H,4-5,9-10,13-16H2,1-3H3,(H,23,27)/t18-/m0/s1. The highest BCUT2D eigenvalue weighted by atomic mass is 16.6. The molecule has 2 amide bonds. The Kier molecular flexibility index (Phi) is 8.49. The predicted octanol–water partition coefficient (Wildman–Crippen LogP) is 3.42. The van der Waals surface area contributed by atoms with E-state index in [9.17, 15) is 14.4 Å². The Labute approximate surface area is 172 Å². The van der Waals surface area contributed by atoms with Gasteiger partial charge in [0, 0.05) is 13.1 Å². The molecule has 0 bridgehead atoms. The van der Waals surface area contributed by atoms with Crippen molar-refractivity contribution >= 4 is 18.0 Å². The maximum Gasteiger partial charge on any atom is 0.408 e. The van der Waals surface area contributed by atoms with E-state index in [2.05, 4.69) is 5.32 Å². The molecule has 1 aliphatic heterocycles. The van der Waals surface area contributed by atoms with E-state index in [1.807, 2.05) is 30.3 Å². The van der Waals surface area contributed by atoms with Crippen molar-refractivity contribution in [3.8, 4) is 0 Å². The van der Waals surface area contributed by atoms with Gasteiger partial charge in [0.1, 0.15) is 18.2 Å². The van der Waals surface area contributed by atoms with E-state index >= 15 is 0 Å². The number of ether oxygens (including phenoxy) is 2. The van der Waals surface area contributed by atoms with Crippen LogP contribution in [-0.2, 0) is 25.7 Å². The highest BCUT2D eigenvalue weighted by Gasteiger charge is 2.31. The van der Waals surface area contributed by atoms with Crippen LogP contribution in [0.1, 0.15) is 58.4 Å². The molecule has 1 aromatic carbocycles. The quantitative estimate of drug-likeness (QED) is 0.735. The minimum Gasteiger partial charge on any atom is -0.460 e. The van der Waals surface area contributed by atoms with Crippen molar-refractivity contribution in [3.05, 3.63) is 35.9 Å². The average molecular weight is 405 g/mol. The zero-order valence-corrected chi connectivity index (χ0v) is 17.6. The van der Waals surface area contributed by atoms with Gasteiger partial charge >= 0.3 is 12.1 Å². The fourth-order valence-corrected chi connectivity index (χ4v) is 3.17. The predicted molar refractivity (Wildman–Crippen MR) is 109 cm³/mol. The summed E-state index contributed by atoms with van der Waals surface area (Å²) in [7, 11) is 0. The van der Waals surface area contributed by atoms with Crippen LogP contribution >= 0.6 is 0 Å². The summed E-state index contributed by atoms with van der Waals surface area (Å²) >= 11 is 0. The van der Waals surface area contributed by atoms with Crippen molar-refractivity contribution in [2.75, 3.05) is 13.1 Å². The van der Waals surface area contributed by atoms with Gasteiger partial charge in [0.15, 0.2) is 0 Å². The third kappa shape index (κ3) is 8.54. The van der Waals surface area contributed by atoms with Crippen LogP contribution in [0.5, 0.6) is 0 Å². The zero-order valence-electron chi connectivity index (χ0n) is 17.6. The van der Waals surface area contributed by atoms with Crippen molar-refractivity contribution in [3.63, 3.8) is 0 Å². The minimum absolute atomic E-state index is 0.0870. The first-order valence-corrected chi connectivity index (χ1v) is 10.2. The number of hydrogen-bond acceptors (Lipinski definition) is 5. The van der Waals surface area contributed by atoms with Crippen molar-refractivity contribution in [2.24, 2.45) is 0 Å². The van der Waals surface area contributed by atoms with Crippen LogP contribution in [0.4, 0.5) is 4.79 Å². The molecule has 0 aromatic heterocycles. The van der Waals surface area contributed by atoms with Gasteiger partial charge in [0.2, 0.25) is 5.91 Å². The van der Waals surface area contributed by atoms with E-state index < -0.39 is 23.7 Å². The Morgan fingerprint density at radius 1 is 1.03 bits per heavy atom. The van der Waals surface area contributed by atoms with Crippen LogP contribution in [0.3, 0.4) is 0 Å². The van der Waals surface area contributed by atoms with Crippen LogP contribution in [0.15, 0.2) is 30.3 Å². The molecule has 1 aliphatic rings. The van der Waals surface area contributed by atoms with Gasteiger partial charge in [0.25, 0.3) is 0 Å². The number of amides is 2. The first-order chi connectivity index (χ1) is 13.7. The maximum absolute atomic E-state index is 13.0. The van der Waals surface area contributed by atoms with E-state index in [0.29, 0.717) is 13.1 Å². The van der Waals surface area contributed by atoms with Gasteiger partial charge in [-0.25, -0.2) is 4.79 Å². The molecular weight excluding hydrogens is 372 g/mol. The molecule has 1 aromatic rings. The third-order valence-electron chi connectivity index (χ3n) is 4.51. The summed E-state index contributed by atoms with van der Waals surface area (Å²) in [4.78, 5) is 39.3. The first kappa shape index (κ1) is 22.7. The molecule has 0 aliphatic carbocycles. The fraction of sp³-hybridized carbons (Fsp3) is 0.591. The van der Waals surface area contributed by atoms with Crippen molar-refractivity contribution in [1.82, 2.24) is 10.2 Å². The Morgan fingerprint density at radius 2 is 1.66 bits per heavy atom. The summed E-state index contributed by atoms with van der Waals surface area (Å²) in [5, 5.41) is 2.57. The lowest BCUT2D eigenvalue weighted by Crippen LogP contribution is -2.50.